The largest absolute Gasteiger partial charge is 0.494 e. The van der Waals surface area contributed by atoms with Crippen molar-refractivity contribution in [1.82, 2.24) is 0 Å². The molecule has 3 aliphatic rings. The minimum absolute atomic E-state index is 0.344. The van der Waals surface area contributed by atoms with Gasteiger partial charge >= 0.3 is 21.4 Å². The van der Waals surface area contributed by atoms with Gasteiger partial charge in [0.15, 0.2) is 0 Å². The van der Waals surface area contributed by atoms with Crippen LogP contribution in [0.4, 0.5) is 0 Å². The van der Waals surface area contributed by atoms with E-state index in [2.05, 4.69) is 392 Å². The highest BCUT2D eigenvalue weighted by molar-refractivity contribution is 6.63. The molecule has 3 saturated heterocycles. The Kier molecular flexibility index (Phi) is 17.8. The lowest BCUT2D eigenvalue weighted by molar-refractivity contribution is 0.00578. The van der Waals surface area contributed by atoms with Gasteiger partial charge in [0, 0.05) is 0 Å². The Morgan fingerprint density at radius 1 is 0.181 bits per heavy atom. The van der Waals surface area contributed by atoms with E-state index in [4.69, 9.17) is 27.9 Å². The summed E-state index contributed by atoms with van der Waals surface area (Å²) in [7, 11) is -1.05. The zero-order chi connectivity index (χ0) is 72.6. The molecule has 9 heteroatoms. The van der Waals surface area contributed by atoms with Gasteiger partial charge in [0.1, 0.15) is 0 Å². The summed E-state index contributed by atoms with van der Waals surface area (Å²) < 4.78 is 37.6. The number of hydrogen-bond donors (Lipinski definition) is 0. The fraction of sp³-hybridized carbons (Fsp3) is 0.188. The number of hydrogen-bond acceptors (Lipinski definition) is 6. The average molecular weight is 1370 g/mol. The minimum Gasteiger partial charge on any atom is -0.399 e. The summed E-state index contributed by atoms with van der Waals surface area (Å²) >= 11 is 0. The molecule has 0 radical (unpaired) electrons. The second-order valence-electron chi connectivity index (χ2n) is 31.5. The van der Waals surface area contributed by atoms with E-state index in [0.717, 1.165) is 16.4 Å². The minimum atomic E-state index is -0.353. The van der Waals surface area contributed by atoms with Gasteiger partial charge in [-0.25, -0.2) is 0 Å². The van der Waals surface area contributed by atoms with Crippen molar-refractivity contribution in [3.63, 3.8) is 0 Å². The topological polar surface area (TPSA) is 55.4 Å². The van der Waals surface area contributed by atoms with Gasteiger partial charge in [-0.3, -0.25) is 0 Å². The third-order valence-corrected chi connectivity index (χ3v) is 23.1. The van der Waals surface area contributed by atoms with E-state index in [1.54, 1.807) is 0 Å². The van der Waals surface area contributed by atoms with Crippen LogP contribution in [0.25, 0.3) is 131 Å². The molecule has 3 fully saturated rings. The van der Waals surface area contributed by atoms with Crippen LogP contribution in [0.2, 0.25) is 0 Å². The maximum Gasteiger partial charge on any atom is 0.494 e. The highest BCUT2D eigenvalue weighted by Gasteiger charge is 2.54. The van der Waals surface area contributed by atoms with E-state index in [1.807, 2.05) is 0 Å². The molecule has 0 amide bonds. The predicted octanol–water partition coefficient (Wildman–Crippen LogP) is 22.9. The van der Waals surface area contributed by atoms with Crippen molar-refractivity contribution < 1.29 is 27.9 Å². The van der Waals surface area contributed by atoms with E-state index in [-0.39, 0.29) is 55.0 Å². The first-order valence-corrected chi connectivity index (χ1v) is 36.9. The monoisotopic (exact) mass is 1370 g/mol. The molecular weight excluding hydrogens is 1280 g/mol. The lowest BCUT2D eigenvalue weighted by atomic mass is 9.78. The summed E-state index contributed by atoms with van der Waals surface area (Å²) in [5, 5.41) is 14.7. The van der Waals surface area contributed by atoms with Crippen LogP contribution >= 0.6 is 0 Å². The first-order chi connectivity index (χ1) is 50.4. The molecule has 0 saturated carbocycles. The molecule has 18 rings (SSSR count). The van der Waals surface area contributed by atoms with Gasteiger partial charge in [-0.15, -0.1) is 0 Å². The molecule has 0 aliphatic carbocycles. The van der Waals surface area contributed by atoms with Gasteiger partial charge in [-0.05, 0) is 267 Å². The molecule has 0 N–H and O–H groups in total. The Labute approximate surface area is 619 Å². The second kappa shape index (κ2) is 27.1. The molecule has 105 heavy (non-hydrogen) atoms. The normalized spacial score (nSPS) is 16.7. The third-order valence-electron chi connectivity index (χ3n) is 23.1. The fourth-order valence-corrected chi connectivity index (χ4v) is 14.8. The van der Waals surface area contributed by atoms with Crippen molar-refractivity contribution in [3.05, 3.63) is 309 Å². The van der Waals surface area contributed by atoms with Gasteiger partial charge in [-0.2, -0.15) is 0 Å². The van der Waals surface area contributed by atoms with Crippen molar-refractivity contribution in [2.75, 3.05) is 0 Å². The zero-order valence-corrected chi connectivity index (χ0v) is 62.1. The van der Waals surface area contributed by atoms with Crippen molar-refractivity contribution in [1.29, 1.82) is 0 Å². The highest BCUT2D eigenvalue weighted by atomic mass is 16.7. The number of rotatable bonds is 9. The summed E-state index contributed by atoms with van der Waals surface area (Å²) in [4.78, 5) is 0. The van der Waals surface area contributed by atoms with E-state index in [0.29, 0.717) is 0 Å². The molecule has 0 spiro atoms. The Balaban J connectivity index is 0.000000121. The van der Waals surface area contributed by atoms with E-state index >= 15 is 0 Å². The molecule has 0 aromatic heterocycles. The molecule has 15 aromatic rings. The summed E-state index contributed by atoms with van der Waals surface area (Å²) in [6, 6.07) is 111. The Bertz CT molecular complexity index is 5740. The Morgan fingerprint density at radius 2 is 0.457 bits per heavy atom. The van der Waals surface area contributed by atoms with Crippen LogP contribution in [0.1, 0.15) is 83.1 Å². The summed E-state index contributed by atoms with van der Waals surface area (Å²) in [6.07, 6.45) is 0. The van der Waals surface area contributed by atoms with E-state index in [1.165, 1.54) is 131 Å². The second-order valence-corrected chi connectivity index (χ2v) is 31.5. The Morgan fingerprint density at radius 3 is 0.876 bits per heavy atom. The van der Waals surface area contributed by atoms with Gasteiger partial charge in [0.25, 0.3) is 0 Å². The first kappa shape index (κ1) is 69.2. The van der Waals surface area contributed by atoms with E-state index < -0.39 is 0 Å². The highest BCUT2D eigenvalue weighted by Crippen LogP contribution is 2.43. The Hall–Kier alpha value is -10.2. The van der Waals surface area contributed by atoms with Crippen LogP contribution in [0.5, 0.6) is 0 Å². The quantitative estimate of drug-likeness (QED) is 0.134. The van der Waals surface area contributed by atoms with Crippen molar-refractivity contribution >= 4 is 102 Å². The van der Waals surface area contributed by atoms with Crippen LogP contribution in [0.3, 0.4) is 0 Å². The molecule has 6 nitrogen and oxygen atoms in total. The maximum absolute atomic E-state index is 6.28. The molecule has 3 heterocycles. The van der Waals surface area contributed by atoms with Gasteiger partial charge < -0.3 is 27.9 Å². The van der Waals surface area contributed by atoms with E-state index in [9.17, 15) is 0 Å². The van der Waals surface area contributed by atoms with Gasteiger partial charge in [0.05, 0.1) is 33.6 Å². The van der Waals surface area contributed by atoms with Crippen LogP contribution < -0.4 is 16.4 Å². The van der Waals surface area contributed by atoms with Crippen LogP contribution in [0, 0.1) is 0 Å². The van der Waals surface area contributed by atoms with Crippen LogP contribution in [0.15, 0.2) is 309 Å². The molecule has 0 bridgehead atoms. The summed E-state index contributed by atoms with van der Waals surface area (Å²) in [5.74, 6) is 0. The zero-order valence-electron chi connectivity index (χ0n) is 62.1. The molecule has 15 aromatic carbocycles. The molecule has 0 unspecified atom stereocenters. The average Bonchev–Trinajstić information content (AvgIpc) is 1.76. The van der Waals surface area contributed by atoms with Crippen LogP contribution in [-0.2, 0) is 27.9 Å². The summed E-state index contributed by atoms with van der Waals surface area (Å²) in [5.41, 5.74) is 15.9. The lowest BCUT2D eigenvalue weighted by Gasteiger charge is -2.32. The van der Waals surface area contributed by atoms with Crippen molar-refractivity contribution in [3.8, 4) is 66.8 Å². The van der Waals surface area contributed by atoms with Gasteiger partial charge in [0.2, 0.25) is 0 Å². The fourth-order valence-electron chi connectivity index (χ4n) is 14.8. The summed E-state index contributed by atoms with van der Waals surface area (Å²) in [6.45, 7) is 25.1. The van der Waals surface area contributed by atoms with Crippen molar-refractivity contribution in [2.45, 2.75) is 117 Å². The molecular formula is C96H87B3O6. The smallest absolute Gasteiger partial charge is 0.399 e. The predicted molar refractivity (Wildman–Crippen MR) is 444 cm³/mol. The standard InChI is InChI=1S/3C32H29BO2/c1-31(2)32(3,4)35-33(34-31)27-19-18-24-20-26(17-16-25(24)21-27)29-15-9-13-23-12-8-14-28(30(23)29)22-10-6-5-7-11-22;1-31(2)32(3,4)35-33(34-31)28-17-16-25-18-27(15-14-26(25)19-28)30-21-24-13-9-8-12-23(24)20-29(30)22-10-6-5-7-11-22;1-31(2)32(3,4)35-33(34-31)28-18-17-24-19-27(16-15-25(24)20-28)29-12-8-11-23-13-14-26(21-30(23)29)22-9-6-5-7-10-22/h3*5-21H,1-4H3. The first-order valence-electron chi connectivity index (χ1n) is 36.9. The van der Waals surface area contributed by atoms with Gasteiger partial charge in [-0.1, -0.05) is 273 Å². The molecule has 3 aliphatic heterocycles. The molecule has 516 valence electrons. The molecule has 0 atom stereocenters. The van der Waals surface area contributed by atoms with Crippen LogP contribution in [-0.4, -0.2) is 55.0 Å². The number of benzene rings is 15. The SMILES string of the molecule is CC1(C)OB(c2ccc3cc(-c4cc5ccccc5cc4-c4ccccc4)ccc3c2)OC1(C)C.CC1(C)OB(c2ccc3cc(-c4cccc5ccc(-c6ccccc6)cc45)ccc3c2)OC1(C)C.CC1(C)OB(c2ccc3cc(-c4cccc5cccc(-c6ccccc6)c45)ccc3c2)OC1(C)C. The number of fused-ring (bicyclic) bond motifs is 6. The lowest BCUT2D eigenvalue weighted by Crippen LogP contribution is -2.41. The maximum atomic E-state index is 6.28. The van der Waals surface area contributed by atoms with Crippen molar-refractivity contribution in [2.24, 2.45) is 0 Å². The third kappa shape index (κ3) is 13.4.